The number of hydrogen-bond donors (Lipinski definition) is 2. The smallest absolute Gasteiger partial charge is 0.251 e. The van der Waals surface area contributed by atoms with Crippen molar-refractivity contribution in [3.63, 3.8) is 0 Å². The molecule has 9 heteroatoms. The molecular formula is C20H22N4O4S. The van der Waals surface area contributed by atoms with Crippen LogP contribution in [0.5, 0.6) is 5.75 Å². The van der Waals surface area contributed by atoms with E-state index in [1.807, 2.05) is 24.3 Å². The van der Waals surface area contributed by atoms with Crippen LogP contribution in [0.4, 0.5) is 0 Å². The zero-order valence-electron chi connectivity index (χ0n) is 16.3. The Balaban J connectivity index is 1.77. The normalized spacial score (nSPS) is 11.3. The summed E-state index contributed by atoms with van der Waals surface area (Å²) in [5.74, 6) is 0.278. The van der Waals surface area contributed by atoms with Crippen LogP contribution in [0.2, 0.25) is 0 Å². The highest BCUT2D eigenvalue weighted by atomic mass is 32.2. The maximum Gasteiger partial charge on any atom is 0.251 e. The minimum absolute atomic E-state index is 0.0494. The van der Waals surface area contributed by atoms with Crippen LogP contribution >= 0.6 is 0 Å². The number of nitrogens with one attached hydrogen (secondary N) is 1. The van der Waals surface area contributed by atoms with E-state index in [0.29, 0.717) is 16.9 Å². The molecule has 0 spiro atoms. The van der Waals surface area contributed by atoms with Gasteiger partial charge >= 0.3 is 0 Å². The third-order valence-electron chi connectivity index (χ3n) is 4.61. The van der Waals surface area contributed by atoms with Crippen LogP contribution < -0.4 is 15.2 Å². The molecule has 3 N–H and O–H groups in total. The van der Waals surface area contributed by atoms with Crippen LogP contribution in [-0.2, 0) is 16.6 Å². The molecule has 1 amide bonds. The van der Waals surface area contributed by atoms with Crippen LogP contribution in [0.1, 0.15) is 27.0 Å². The summed E-state index contributed by atoms with van der Waals surface area (Å²) < 4.78 is 30.5. The van der Waals surface area contributed by atoms with Crippen molar-refractivity contribution in [3.8, 4) is 11.4 Å². The first-order chi connectivity index (χ1) is 13.7. The van der Waals surface area contributed by atoms with Gasteiger partial charge in [-0.15, -0.1) is 0 Å². The molecule has 0 fully saturated rings. The fourth-order valence-electron chi connectivity index (χ4n) is 2.94. The van der Waals surface area contributed by atoms with Gasteiger partial charge in [0.1, 0.15) is 11.4 Å². The van der Waals surface area contributed by atoms with Crippen LogP contribution in [0.15, 0.2) is 53.7 Å². The Hall–Kier alpha value is -3.17. The zero-order chi connectivity index (χ0) is 21.2. The number of carbonyl (C=O) groups is 1. The maximum atomic E-state index is 12.5. The predicted octanol–water partition coefficient (Wildman–Crippen LogP) is 2.08. The molecule has 0 unspecified atom stereocenters. The van der Waals surface area contributed by atoms with E-state index in [9.17, 15) is 13.2 Å². The second-order valence-electron chi connectivity index (χ2n) is 6.61. The maximum absolute atomic E-state index is 12.5. The number of aromatic nitrogens is 2. The third kappa shape index (κ3) is 4.47. The van der Waals surface area contributed by atoms with E-state index in [4.69, 9.17) is 9.88 Å². The topological polar surface area (TPSA) is 116 Å². The van der Waals surface area contributed by atoms with Gasteiger partial charge in [-0.05, 0) is 49.2 Å². The molecule has 0 saturated carbocycles. The van der Waals surface area contributed by atoms with Crippen molar-refractivity contribution < 1.29 is 17.9 Å². The van der Waals surface area contributed by atoms with Crippen molar-refractivity contribution in [2.24, 2.45) is 5.14 Å². The van der Waals surface area contributed by atoms with E-state index in [1.165, 1.54) is 6.07 Å². The van der Waals surface area contributed by atoms with E-state index in [1.54, 1.807) is 44.1 Å². The number of nitrogens with two attached hydrogens (primary N) is 1. The number of amides is 1. The molecule has 0 aliphatic heterocycles. The largest absolute Gasteiger partial charge is 0.494 e. The number of sulfonamides is 1. The SMILES string of the molecule is COc1ccccc1-n1cc(CNC(=O)c2cc(C)c(C)c(S(N)(=O)=O)c2)cn1. The first-order valence-corrected chi connectivity index (χ1v) is 10.3. The number of primary sulfonamides is 1. The average Bonchev–Trinajstić information content (AvgIpc) is 3.16. The molecule has 29 heavy (non-hydrogen) atoms. The monoisotopic (exact) mass is 414 g/mol. The number of benzene rings is 2. The average molecular weight is 414 g/mol. The number of ether oxygens (including phenoxy) is 1. The van der Waals surface area contributed by atoms with Crippen LogP contribution in [0.3, 0.4) is 0 Å². The number of para-hydroxylation sites is 2. The van der Waals surface area contributed by atoms with Gasteiger partial charge in [-0.25, -0.2) is 18.2 Å². The quantitative estimate of drug-likeness (QED) is 0.641. The highest BCUT2D eigenvalue weighted by molar-refractivity contribution is 7.89. The van der Waals surface area contributed by atoms with E-state index < -0.39 is 15.9 Å². The van der Waals surface area contributed by atoms with Gasteiger partial charge in [0.05, 0.1) is 18.2 Å². The number of hydrogen-bond acceptors (Lipinski definition) is 5. The molecule has 0 saturated heterocycles. The molecule has 0 atom stereocenters. The molecule has 8 nitrogen and oxygen atoms in total. The number of nitrogens with zero attached hydrogens (tertiary/aromatic N) is 2. The van der Waals surface area contributed by atoms with Crippen molar-refractivity contribution in [1.82, 2.24) is 15.1 Å². The Morgan fingerprint density at radius 2 is 1.97 bits per heavy atom. The Kier molecular flexibility index (Phi) is 5.71. The molecular weight excluding hydrogens is 392 g/mol. The second-order valence-corrected chi connectivity index (χ2v) is 8.14. The van der Waals surface area contributed by atoms with Crippen molar-refractivity contribution in [1.29, 1.82) is 0 Å². The lowest BCUT2D eigenvalue weighted by Crippen LogP contribution is -2.24. The summed E-state index contributed by atoms with van der Waals surface area (Å²) >= 11 is 0. The van der Waals surface area contributed by atoms with Gasteiger partial charge in [0, 0.05) is 23.9 Å². The van der Waals surface area contributed by atoms with Gasteiger partial charge in [0.15, 0.2) is 0 Å². The minimum atomic E-state index is -3.92. The van der Waals surface area contributed by atoms with Gasteiger partial charge in [0.25, 0.3) is 5.91 Å². The van der Waals surface area contributed by atoms with Gasteiger partial charge in [-0.2, -0.15) is 5.10 Å². The lowest BCUT2D eigenvalue weighted by Gasteiger charge is -2.11. The van der Waals surface area contributed by atoms with Gasteiger partial charge < -0.3 is 10.1 Å². The van der Waals surface area contributed by atoms with Gasteiger partial charge in [-0.3, -0.25) is 4.79 Å². The highest BCUT2D eigenvalue weighted by Gasteiger charge is 2.17. The fourth-order valence-corrected chi connectivity index (χ4v) is 3.82. The van der Waals surface area contributed by atoms with E-state index in [-0.39, 0.29) is 17.0 Å². The Morgan fingerprint density at radius 1 is 1.24 bits per heavy atom. The molecule has 3 rings (SSSR count). The molecule has 0 bridgehead atoms. The van der Waals surface area contributed by atoms with Crippen molar-refractivity contribution >= 4 is 15.9 Å². The zero-order valence-corrected chi connectivity index (χ0v) is 17.2. The van der Waals surface area contributed by atoms with Crippen LogP contribution in [0.25, 0.3) is 5.69 Å². The third-order valence-corrected chi connectivity index (χ3v) is 5.65. The Bertz CT molecular complexity index is 1170. The molecule has 1 heterocycles. The fraction of sp³-hybridized carbons (Fsp3) is 0.200. The molecule has 0 radical (unpaired) electrons. The lowest BCUT2D eigenvalue weighted by atomic mass is 10.1. The molecule has 0 aliphatic carbocycles. The Morgan fingerprint density at radius 3 is 2.66 bits per heavy atom. The van der Waals surface area contributed by atoms with Crippen molar-refractivity contribution in [3.05, 3.63) is 71.0 Å². The summed E-state index contributed by atoms with van der Waals surface area (Å²) in [6.45, 7) is 3.62. The summed E-state index contributed by atoms with van der Waals surface area (Å²) in [7, 11) is -2.33. The number of methoxy groups -OCH3 is 1. The van der Waals surface area contributed by atoms with Gasteiger partial charge in [-0.1, -0.05) is 12.1 Å². The van der Waals surface area contributed by atoms with E-state index >= 15 is 0 Å². The first kappa shape index (κ1) is 20.6. The molecule has 2 aromatic carbocycles. The van der Waals surface area contributed by atoms with Crippen LogP contribution in [0, 0.1) is 13.8 Å². The molecule has 1 aromatic heterocycles. The molecule has 152 valence electrons. The summed E-state index contributed by atoms with van der Waals surface area (Å²) in [4.78, 5) is 12.5. The number of aryl methyl sites for hydroxylation is 1. The first-order valence-electron chi connectivity index (χ1n) is 8.80. The second kappa shape index (κ2) is 8.06. The standard InChI is InChI=1S/C20H22N4O4S/c1-13-8-16(9-19(14(13)2)29(21,26)27)20(25)22-10-15-11-23-24(12-15)17-6-4-5-7-18(17)28-3/h4-9,11-12H,10H2,1-3H3,(H,22,25)(H2,21,26,27). The van der Waals surface area contributed by atoms with Crippen molar-refractivity contribution in [2.45, 2.75) is 25.3 Å². The van der Waals surface area contributed by atoms with E-state index in [2.05, 4.69) is 10.4 Å². The minimum Gasteiger partial charge on any atom is -0.494 e. The molecule has 0 aliphatic rings. The molecule has 3 aromatic rings. The van der Waals surface area contributed by atoms with Crippen LogP contribution in [-0.4, -0.2) is 31.2 Å². The Labute approximate surface area is 169 Å². The summed E-state index contributed by atoms with van der Waals surface area (Å²) in [6.07, 6.45) is 3.43. The van der Waals surface area contributed by atoms with E-state index in [0.717, 1.165) is 11.3 Å². The highest BCUT2D eigenvalue weighted by Crippen LogP contribution is 2.22. The lowest BCUT2D eigenvalue weighted by molar-refractivity contribution is 0.0950. The summed E-state index contributed by atoms with van der Waals surface area (Å²) in [5.41, 5.74) is 2.99. The van der Waals surface area contributed by atoms with Gasteiger partial charge in [0.2, 0.25) is 10.0 Å². The predicted molar refractivity (Wildman–Crippen MR) is 109 cm³/mol. The summed E-state index contributed by atoms with van der Waals surface area (Å²) in [6, 6.07) is 10.4. The van der Waals surface area contributed by atoms with Crippen molar-refractivity contribution in [2.75, 3.05) is 7.11 Å². The number of carbonyl (C=O) groups excluding carboxylic acids is 1. The summed E-state index contributed by atoms with van der Waals surface area (Å²) in [5, 5.41) is 12.3. The number of rotatable bonds is 6.